The van der Waals surface area contributed by atoms with Crippen molar-refractivity contribution in [2.75, 3.05) is 12.9 Å². The molecule has 0 aliphatic rings. The minimum atomic E-state index is -0.501. The first kappa shape index (κ1) is 23.9. The maximum atomic E-state index is 12.4. The highest BCUT2D eigenvalue weighted by atomic mass is 79.9. The van der Waals surface area contributed by atoms with Gasteiger partial charge in [-0.05, 0) is 57.9 Å². The van der Waals surface area contributed by atoms with Crippen LogP contribution in [0, 0.1) is 0 Å². The van der Waals surface area contributed by atoms with E-state index >= 15 is 0 Å². The quantitative estimate of drug-likeness (QED) is 0.101. The fraction of sp³-hybridized carbons (Fsp3) is 0.0833. The van der Waals surface area contributed by atoms with Crippen molar-refractivity contribution in [1.82, 2.24) is 10.4 Å². The maximum Gasteiger partial charge on any atom is 0.343 e. The predicted octanol–water partition coefficient (Wildman–Crippen LogP) is 5.53. The molecule has 1 N–H and O–H groups in total. The van der Waals surface area contributed by atoms with Gasteiger partial charge in [0.25, 0.3) is 5.91 Å². The summed E-state index contributed by atoms with van der Waals surface area (Å²) in [5.74, 6) is 0.0416. The van der Waals surface area contributed by atoms with E-state index in [0.29, 0.717) is 21.3 Å². The van der Waals surface area contributed by atoms with Crippen LogP contribution in [0.1, 0.15) is 15.9 Å². The van der Waals surface area contributed by atoms with Crippen molar-refractivity contribution < 1.29 is 19.1 Å². The average Bonchev–Trinajstić information content (AvgIpc) is 3.27. The average molecular weight is 556 g/mol. The smallest absolute Gasteiger partial charge is 0.343 e. The Kier molecular flexibility index (Phi) is 7.94. The number of thiazole rings is 1. The fourth-order valence-electron chi connectivity index (χ4n) is 2.89. The van der Waals surface area contributed by atoms with Crippen molar-refractivity contribution in [3.63, 3.8) is 0 Å². The lowest BCUT2D eigenvalue weighted by Crippen LogP contribution is -2.19. The normalized spacial score (nSPS) is 11.0. The first-order valence-corrected chi connectivity index (χ1v) is 12.6. The van der Waals surface area contributed by atoms with Gasteiger partial charge in [-0.2, -0.15) is 5.10 Å². The summed E-state index contributed by atoms with van der Waals surface area (Å²) in [6.07, 6.45) is 1.48. The van der Waals surface area contributed by atoms with E-state index in [9.17, 15) is 9.59 Å². The Morgan fingerprint density at radius 2 is 1.91 bits per heavy atom. The van der Waals surface area contributed by atoms with Crippen LogP contribution < -0.4 is 14.9 Å². The predicted molar refractivity (Wildman–Crippen MR) is 138 cm³/mol. The number of ether oxygens (including phenoxy) is 2. The van der Waals surface area contributed by atoms with E-state index in [-0.39, 0.29) is 17.4 Å². The van der Waals surface area contributed by atoms with E-state index in [1.165, 1.54) is 25.1 Å². The van der Waals surface area contributed by atoms with Crippen molar-refractivity contribution >= 4 is 67.3 Å². The minimum Gasteiger partial charge on any atom is -0.493 e. The molecule has 7 nitrogen and oxygen atoms in total. The van der Waals surface area contributed by atoms with Gasteiger partial charge in [0.05, 0.1) is 39.3 Å². The Labute approximate surface area is 212 Å². The van der Waals surface area contributed by atoms with Crippen LogP contribution in [-0.4, -0.2) is 35.9 Å². The van der Waals surface area contributed by atoms with Crippen molar-refractivity contribution in [2.24, 2.45) is 5.10 Å². The van der Waals surface area contributed by atoms with Gasteiger partial charge in [-0.25, -0.2) is 15.2 Å². The first-order chi connectivity index (χ1) is 16.5. The fourth-order valence-corrected chi connectivity index (χ4v) is 5.29. The Morgan fingerprint density at radius 1 is 1.15 bits per heavy atom. The number of nitrogens with zero attached hydrogens (tertiary/aromatic N) is 2. The number of halogens is 1. The molecule has 0 spiro atoms. The lowest BCUT2D eigenvalue weighted by Gasteiger charge is -2.12. The minimum absolute atomic E-state index is 0.193. The second-order valence-corrected chi connectivity index (χ2v) is 9.93. The summed E-state index contributed by atoms with van der Waals surface area (Å²) in [6.45, 7) is 0. The molecule has 34 heavy (non-hydrogen) atoms. The number of hydrogen-bond donors (Lipinski definition) is 1. The number of para-hydroxylation sites is 1. The van der Waals surface area contributed by atoms with Crippen LogP contribution in [0.3, 0.4) is 0 Å². The van der Waals surface area contributed by atoms with Gasteiger partial charge in [0.2, 0.25) is 0 Å². The number of hydrazone groups is 1. The number of aromatic nitrogens is 1. The van der Waals surface area contributed by atoms with Crippen LogP contribution in [-0.2, 0) is 4.79 Å². The highest BCUT2D eigenvalue weighted by Gasteiger charge is 2.16. The van der Waals surface area contributed by atoms with Crippen LogP contribution in [0.4, 0.5) is 0 Å². The summed E-state index contributed by atoms with van der Waals surface area (Å²) in [7, 11) is 1.48. The number of thioether (sulfide) groups is 1. The van der Waals surface area contributed by atoms with Crippen molar-refractivity contribution in [3.05, 3.63) is 82.3 Å². The zero-order chi connectivity index (χ0) is 23.9. The molecular weight excluding hydrogens is 538 g/mol. The van der Waals surface area contributed by atoms with Gasteiger partial charge in [-0.15, -0.1) is 11.3 Å². The zero-order valence-electron chi connectivity index (χ0n) is 17.9. The zero-order valence-corrected chi connectivity index (χ0v) is 21.1. The largest absolute Gasteiger partial charge is 0.493 e. The number of fused-ring (bicyclic) bond motifs is 1. The molecule has 0 radical (unpaired) electrons. The molecule has 0 unspecified atom stereocenters. The highest BCUT2D eigenvalue weighted by molar-refractivity contribution is 9.10. The van der Waals surface area contributed by atoms with Gasteiger partial charge in [-0.1, -0.05) is 42.1 Å². The monoisotopic (exact) mass is 555 g/mol. The number of esters is 1. The van der Waals surface area contributed by atoms with Gasteiger partial charge >= 0.3 is 5.97 Å². The lowest BCUT2D eigenvalue weighted by atomic mass is 10.2. The van der Waals surface area contributed by atoms with Crippen molar-refractivity contribution in [3.8, 4) is 11.5 Å². The molecule has 4 aromatic rings. The summed E-state index contributed by atoms with van der Waals surface area (Å²) in [6, 6.07) is 19.9. The Hall–Kier alpha value is -3.21. The summed E-state index contributed by atoms with van der Waals surface area (Å²) < 4.78 is 13.3. The van der Waals surface area contributed by atoms with Gasteiger partial charge in [-0.3, -0.25) is 4.79 Å². The molecule has 0 fully saturated rings. The van der Waals surface area contributed by atoms with E-state index in [1.807, 2.05) is 30.3 Å². The van der Waals surface area contributed by atoms with Crippen molar-refractivity contribution in [1.29, 1.82) is 0 Å². The summed E-state index contributed by atoms with van der Waals surface area (Å²) in [5, 5.41) is 4.01. The number of carbonyl (C=O) groups is 2. The molecule has 10 heteroatoms. The molecule has 4 rings (SSSR count). The topological polar surface area (TPSA) is 89.9 Å². The molecule has 0 atom stereocenters. The number of rotatable bonds is 8. The molecule has 3 aromatic carbocycles. The number of benzene rings is 3. The third kappa shape index (κ3) is 6.02. The number of hydrogen-bond acceptors (Lipinski definition) is 8. The maximum absolute atomic E-state index is 12.4. The summed E-state index contributed by atoms with van der Waals surface area (Å²) in [4.78, 5) is 29.1. The van der Waals surface area contributed by atoms with Gasteiger partial charge in [0, 0.05) is 0 Å². The highest BCUT2D eigenvalue weighted by Crippen LogP contribution is 2.37. The van der Waals surface area contributed by atoms with Gasteiger partial charge in [0.15, 0.2) is 15.8 Å². The number of carbonyl (C=O) groups excluding carboxylic acids is 2. The van der Waals surface area contributed by atoms with Crippen LogP contribution in [0.2, 0.25) is 0 Å². The third-order valence-electron chi connectivity index (χ3n) is 4.46. The molecule has 0 aliphatic heterocycles. The molecule has 0 saturated heterocycles. The molecule has 1 aromatic heterocycles. The summed E-state index contributed by atoms with van der Waals surface area (Å²) >= 11 is 6.32. The first-order valence-electron chi connectivity index (χ1n) is 9.98. The molecule has 172 valence electrons. The van der Waals surface area contributed by atoms with Gasteiger partial charge < -0.3 is 9.47 Å². The number of methoxy groups -OCH3 is 1. The van der Waals surface area contributed by atoms with E-state index in [0.717, 1.165) is 14.6 Å². The van der Waals surface area contributed by atoms with Crippen LogP contribution in [0.5, 0.6) is 11.5 Å². The second kappa shape index (κ2) is 11.3. The van der Waals surface area contributed by atoms with E-state index in [4.69, 9.17) is 9.47 Å². The number of amides is 1. The standard InChI is InChI=1S/C24H18BrN3O4S2/c1-31-19-12-15(11-17(25)22(19)32-23(30)16-7-3-2-4-8-16)13-26-28-21(29)14-33-24-27-18-9-5-6-10-20(18)34-24/h2-13H,14H2,1H3,(H,28,29)/b26-13-. The summed E-state index contributed by atoms with van der Waals surface area (Å²) in [5.41, 5.74) is 4.49. The molecule has 1 amide bonds. The van der Waals surface area contributed by atoms with Crippen LogP contribution >= 0.6 is 39.0 Å². The second-order valence-electron chi connectivity index (χ2n) is 6.82. The van der Waals surface area contributed by atoms with Gasteiger partial charge in [0.1, 0.15) is 0 Å². The van der Waals surface area contributed by atoms with E-state index in [1.54, 1.807) is 47.7 Å². The molecule has 1 heterocycles. The SMILES string of the molecule is COc1cc(/C=N\NC(=O)CSc2nc3ccccc3s2)cc(Br)c1OC(=O)c1ccccc1. The van der Waals surface area contributed by atoms with E-state index < -0.39 is 5.97 Å². The van der Waals surface area contributed by atoms with Crippen molar-refractivity contribution in [2.45, 2.75) is 4.34 Å². The lowest BCUT2D eigenvalue weighted by molar-refractivity contribution is -0.118. The van der Waals surface area contributed by atoms with Crippen LogP contribution in [0.15, 0.2) is 80.6 Å². The Morgan fingerprint density at radius 3 is 2.68 bits per heavy atom. The number of nitrogens with one attached hydrogen (secondary N) is 1. The molecule has 0 aliphatic carbocycles. The molecular formula is C24H18BrN3O4S2. The third-order valence-corrected chi connectivity index (χ3v) is 7.23. The molecule has 0 saturated carbocycles. The van der Waals surface area contributed by atoms with E-state index in [2.05, 4.69) is 31.4 Å². The Balaban J connectivity index is 1.36. The Bertz CT molecular complexity index is 1330. The molecule has 0 bridgehead atoms. The van der Waals surface area contributed by atoms with Crippen LogP contribution in [0.25, 0.3) is 10.2 Å².